The van der Waals surface area contributed by atoms with Gasteiger partial charge in [0.15, 0.2) is 0 Å². The summed E-state index contributed by atoms with van der Waals surface area (Å²) in [5, 5.41) is 2.83. The molecule has 0 aromatic carbocycles. The Kier molecular flexibility index (Phi) is 4.07. The molecule has 0 spiro atoms. The van der Waals surface area contributed by atoms with Crippen molar-refractivity contribution in [1.29, 1.82) is 0 Å². The topological polar surface area (TPSA) is 50.9 Å². The van der Waals surface area contributed by atoms with E-state index in [9.17, 15) is 4.79 Å². The summed E-state index contributed by atoms with van der Waals surface area (Å²) < 4.78 is 10.5. The van der Waals surface area contributed by atoms with Crippen molar-refractivity contribution in [2.75, 3.05) is 13.2 Å². The Hall–Kier alpha value is -0.770. The molecular formula is C13H25NO3. The van der Waals surface area contributed by atoms with Crippen LogP contribution in [0.2, 0.25) is 0 Å². The second-order valence-corrected chi connectivity index (χ2v) is 6.73. The van der Waals surface area contributed by atoms with Crippen LogP contribution in [0.5, 0.6) is 0 Å². The van der Waals surface area contributed by atoms with Crippen molar-refractivity contribution in [2.45, 2.75) is 53.2 Å². The summed E-state index contributed by atoms with van der Waals surface area (Å²) in [7, 11) is 0. The Morgan fingerprint density at radius 1 is 1.35 bits per heavy atom. The van der Waals surface area contributed by atoms with Crippen LogP contribution in [0, 0.1) is 11.3 Å². The van der Waals surface area contributed by atoms with Crippen molar-refractivity contribution >= 4 is 6.09 Å². The monoisotopic (exact) mass is 243 g/mol. The van der Waals surface area contributed by atoms with Gasteiger partial charge in [-0.25, -0.2) is 4.79 Å². The van der Waals surface area contributed by atoms with E-state index in [1.54, 1.807) is 0 Å². The first-order chi connectivity index (χ1) is 7.59. The molecule has 1 fully saturated rings. The SMILES string of the molecule is CC(C)(C)OC(=O)NC[C@@H](C1CO1)C(C)(C)C. The van der Waals surface area contributed by atoms with Gasteiger partial charge in [0.25, 0.3) is 0 Å². The smallest absolute Gasteiger partial charge is 0.407 e. The van der Waals surface area contributed by atoms with Gasteiger partial charge in [-0.3, -0.25) is 0 Å². The summed E-state index contributed by atoms with van der Waals surface area (Å²) in [5.74, 6) is 0.329. The second-order valence-electron chi connectivity index (χ2n) is 6.73. The number of amides is 1. The molecule has 17 heavy (non-hydrogen) atoms. The number of carbonyl (C=O) groups excluding carboxylic acids is 1. The van der Waals surface area contributed by atoms with E-state index in [1.807, 2.05) is 20.8 Å². The highest BCUT2D eigenvalue weighted by atomic mass is 16.6. The van der Waals surface area contributed by atoms with Gasteiger partial charge in [-0.2, -0.15) is 0 Å². The second kappa shape index (κ2) is 4.84. The number of nitrogens with one attached hydrogen (secondary N) is 1. The zero-order valence-corrected chi connectivity index (χ0v) is 11.8. The minimum atomic E-state index is -0.447. The predicted molar refractivity (Wildman–Crippen MR) is 66.9 cm³/mol. The molecule has 0 radical (unpaired) electrons. The molecule has 4 heteroatoms. The summed E-state index contributed by atoms with van der Waals surface area (Å²) >= 11 is 0. The number of hydrogen-bond acceptors (Lipinski definition) is 3. The average Bonchev–Trinajstić information content (AvgIpc) is 2.81. The van der Waals surface area contributed by atoms with Gasteiger partial charge < -0.3 is 14.8 Å². The molecule has 1 unspecified atom stereocenters. The van der Waals surface area contributed by atoms with Crippen molar-refractivity contribution in [2.24, 2.45) is 11.3 Å². The molecule has 1 amide bonds. The van der Waals surface area contributed by atoms with Crippen molar-refractivity contribution < 1.29 is 14.3 Å². The fourth-order valence-corrected chi connectivity index (χ4v) is 1.79. The lowest BCUT2D eigenvalue weighted by atomic mass is 9.79. The largest absolute Gasteiger partial charge is 0.444 e. The molecule has 1 rings (SSSR count). The number of rotatable bonds is 3. The normalized spacial score (nSPS) is 21.9. The van der Waals surface area contributed by atoms with Crippen molar-refractivity contribution in [1.82, 2.24) is 5.32 Å². The van der Waals surface area contributed by atoms with Gasteiger partial charge in [0.1, 0.15) is 5.60 Å². The number of hydrogen-bond donors (Lipinski definition) is 1. The number of carbonyl (C=O) groups is 1. The molecule has 0 bridgehead atoms. The molecule has 0 aromatic heterocycles. The molecule has 0 aliphatic carbocycles. The molecular weight excluding hydrogens is 218 g/mol. The Morgan fingerprint density at radius 3 is 2.24 bits per heavy atom. The van der Waals surface area contributed by atoms with E-state index in [2.05, 4.69) is 26.1 Å². The third-order valence-corrected chi connectivity index (χ3v) is 2.79. The van der Waals surface area contributed by atoms with Crippen LogP contribution in [0.15, 0.2) is 0 Å². The maximum Gasteiger partial charge on any atom is 0.407 e. The summed E-state index contributed by atoms with van der Waals surface area (Å²) in [5.41, 5.74) is -0.326. The van der Waals surface area contributed by atoms with Gasteiger partial charge in [0.05, 0.1) is 12.7 Å². The van der Waals surface area contributed by atoms with Gasteiger partial charge in [-0.1, -0.05) is 20.8 Å². The zero-order chi connectivity index (χ0) is 13.3. The summed E-state index contributed by atoms with van der Waals surface area (Å²) in [6, 6.07) is 0. The van der Waals surface area contributed by atoms with Gasteiger partial charge in [0.2, 0.25) is 0 Å². The van der Waals surface area contributed by atoms with Crippen LogP contribution in [0.3, 0.4) is 0 Å². The number of alkyl carbamates (subject to hydrolysis) is 1. The van der Waals surface area contributed by atoms with Gasteiger partial charge in [-0.15, -0.1) is 0 Å². The Morgan fingerprint density at radius 2 is 1.88 bits per heavy atom. The van der Waals surface area contributed by atoms with E-state index in [0.717, 1.165) is 6.61 Å². The predicted octanol–water partition coefficient (Wildman–Crippen LogP) is 2.57. The molecule has 1 saturated heterocycles. The van der Waals surface area contributed by atoms with Crippen LogP contribution in [0.25, 0.3) is 0 Å². The van der Waals surface area contributed by atoms with Gasteiger partial charge in [-0.05, 0) is 26.2 Å². The lowest BCUT2D eigenvalue weighted by Gasteiger charge is -2.30. The standard InChI is InChI=1S/C13H25NO3/c1-12(2,3)9(10-8-16-10)7-14-11(15)17-13(4,5)6/h9-10H,7-8H2,1-6H3,(H,14,15)/t9-,10?/m0/s1. The van der Waals surface area contributed by atoms with E-state index >= 15 is 0 Å². The van der Waals surface area contributed by atoms with Crippen LogP contribution in [-0.2, 0) is 9.47 Å². The quantitative estimate of drug-likeness (QED) is 0.775. The van der Waals surface area contributed by atoms with Crippen molar-refractivity contribution in [3.05, 3.63) is 0 Å². The minimum Gasteiger partial charge on any atom is -0.444 e. The van der Waals surface area contributed by atoms with Crippen molar-refractivity contribution in [3.8, 4) is 0 Å². The van der Waals surface area contributed by atoms with Gasteiger partial charge >= 0.3 is 6.09 Å². The van der Waals surface area contributed by atoms with E-state index in [1.165, 1.54) is 0 Å². The first-order valence-corrected chi connectivity index (χ1v) is 6.18. The Balaban J connectivity index is 2.40. The van der Waals surface area contributed by atoms with Crippen LogP contribution in [0.1, 0.15) is 41.5 Å². The lowest BCUT2D eigenvalue weighted by molar-refractivity contribution is 0.0498. The van der Waals surface area contributed by atoms with Crippen LogP contribution >= 0.6 is 0 Å². The fraction of sp³-hybridized carbons (Fsp3) is 0.923. The maximum absolute atomic E-state index is 11.6. The summed E-state index contributed by atoms with van der Waals surface area (Å²) in [6.07, 6.45) is -0.0719. The summed E-state index contributed by atoms with van der Waals surface area (Å²) in [4.78, 5) is 11.6. The fourth-order valence-electron chi connectivity index (χ4n) is 1.79. The highest BCUT2D eigenvalue weighted by Crippen LogP contribution is 2.35. The summed E-state index contributed by atoms with van der Waals surface area (Å²) in [6.45, 7) is 13.5. The third-order valence-electron chi connectivity index (χ3n) is 2.79. The molecule has 1 N–H and O–H groups in total. The van der Waals surface area contributed by atoms with E-state index < -0.39 is 5.60 Å². The van der Waals surface area contributed by atoms with E-state index in [4.69, 9.17) is 9.47 Å². The minimum absolute atomic E-state index is 0.121. The first kappa shape index (κ1) is 14.3. The highest BCUT2D eigenvalue weighted by molar-refractivity contribution is 5.67. The van der Waals surface area contributed by atoms with Crippen LogP contribution in [0.4, 0.5) is 4.79 Å². The number of epoxide rings is 1. The molecule has 0 saturated carbocycles. The number of ether oxygens (including phenoxy) is 2. The van der Waals surface area contributed by atoms with Crippen molar-refractivity contribution in [3.63, 3.8) is 0 Å². The highest BCUT2D eigenvalue weighted by Gasteiger charge is 2.40. The molecule has 1 heterocycles. The zero-order valence-electron chi connectivity index (χ0n) is 11.8. The first-order valence-electron chi connectivity index (χ1n) is 6.18. The molecule has 2 atom stereocenters. The molecule has 4 nitrogen and oxygen atoms in total. The Labute approximate surface area is 104 Å². The molecule has 1 aliphatic heterocycles. The van der Waals surface area contributed by atoms with Gasteiger partial charge in [0, 0.05) is 12.5 Å². The van der Waals surface area contributed by atoms with E-state index in [0.29, 0.717) is 12.5 Å². The lowest BCUT2D eigenvalue weighted by Crippen LogP contribution is -2.40. The maximum atomic E-state index is 11.6. The molecule has 0 aromatic rings. The van der Waals surface area contributed by atoms with Crippen LogP contribution in [-0.4, -0.2) is 30.9 Å². The Bertz CT molecular complexity index is 271. The average molecular weight is 243 g/mol. The third kappa shape index (κ3) is 5.39. The molecule has 1 aliphatic rings. The van der Waals surface area contributed by atoms with E-state index in [-0.39, 0.29) is 17.6 Å². The molecule has 100 valence electrons. The van der Waals surface area contributed by atoms with Crippen LogP contribution < -0.4 is 5.32 Å².